The summed E-state index contributed by atoms with van der Waals surface area (Å²) in [5.41, 5.74) is -0.128. The Morgan fingerprint density at radius 3 is 2.92 bits per heavy atom. The van der Waals surface area contributed by atoms with Crippen LogP contribution in [-0.4, -0.2) is 33.7 Å². The van der Waals surface area contributed by atoms with E-state index in [-0.39, 0.29) is 18.2 Å². The molecule has 1 aliphatic carbocycles. The fraction of sp³-hybridized carbons (Fsp3) is 0.500. The molecule has 8 heteroatoms. The number of carboxylic acids is 1. The van der Waals surface area contributed by atoms with Crippen LogP contribution in [0.2, 0.25) is 5.02 Å². The molecule has 1 aromatic carbocycles. The first-order valence-corrected chi connectivity index (χ1v) is 9.85. The Labute approximate surface area is 161 Å². The quantitative estimate of drug-likeness (QED) is 0.725. The first-order chi connectivity index (χ1) is 12.3. The highest BCUT2D eigenvalue weighted by Gasteiger charge is 2.42. The van der Waals surface area contributed by atoms with Crippen LogP contribution in [0.1, 0.15) is 39.0 Å². The number of benzene rings is 1. The van der Waals surface area contributed by atoms with Gasteiger partial charge in [-0.15, -0.1) is 11.8 Å². The van der Waals surface area contributed by atoms with Gasteiger partial charge in [-0.2, -0.15) is 0 Å². The van der Waals surface area contributed by atoms with Crippen molar-refractivity contribution in [2.75, 3.05) is 5.32 Å². The zero-order chi connectivity index (χ0) is 18.9. The summed E-state index contributed by atoms with van der Waals surface area (Å²) >= 11 is 7.26. The highest BCUT2D eigenvalue weighted by molar-refractivity contribution is 8.01. The predicted molar refractivity (Wildman–Crippen MR) is 100 cm³/mol. The number of amides is 2. The Bertz CT molecular complexity index is 757. The predicted octanol–water partition coefficient (Wildman–Crippen LogP) is 3.29. The molecular formula is C18H21ClN2O4S. The van der Waals surface area contributed by atoms with Gasteiger partial charge in [0.2, 0.25) is 11.8 Å². The highest BCUT2D eigenvalue weighted by atomic mass is 35.5. The van der Waals surface area contributed by atoms with Gasteiger partial charge in [0.05, 0.1) is 22.4 Å². The van der Waals surface area contributed by atoms with Gasteiger partial charge in [-0.1, -0.05) is 24.4 Å². The molecule has 1 aliphatic heterocycles. The maximum atomic E-state index is 12.5. The third-order valence-corrected chi connectivity index (χ3v) is 6.57. The highest BCUT2D eigenvalue weighted by Crippen LogP contribution is 2.39. The van der Waals surface area contributed by atoms with Crippen molar-refractivity contribution in [1.29, 1.82) is 0 Å². The lowest BCUT2D eigenvalue weighted by molar-refractivity contribution is -0.146. The van der Waals surface area contributed by atoms with Gasteiger partial charge in [-0.3, -0.25) is 14.4 Å². The van der Waals surface area contributed by atoms with Gasteiger partial charge in [-0.05, 0) is 38.0 Å². The number of thioether (sulfide) groups is 1. The van der Waals surface area contributed by atoms with E-state index in [1.807, 2.05) is 6.07 Å². The molecule has 140 valence electrons. The summed E-state index contributed by atoms with van der Waals surface area (Å²) in [5.74, 6) is -2.03. The number of carboxylic acid groups (broad SMARTS) is 1. The first-order valence-electron chi connectivity index (χ1n) is 8.59. The zero-order valence-corrected chi connectivity index (χ0v) is 16.0. The van der Waals surface area contributed by atoms with Crippen LogP contribution in [0.3, 0.4) is 0 Å². The van der Waals surface area contributed by atoms with E-state index in [1.165, 1.54) is 11.8 Å². The van der Waals surface area contributed by atoms with E-state index in [2.05, 4.69) is 10.6 Å². The van der Waals surface area contributed by atoms with Crippen molar-refractivity contribution in [2.24, 2.45) is 5.92 Å². The van der Waals surface area contributed by atoms with Crippen LogP contribution < -0.4 is 10.6 Å². The lowest BCUT2D eigenvalue weighted by Crippen LogP contribution is -2.56. The molecule has 1 saturated carbocycles. The molecule has 2 amide bonds. The normalized spacial score (nSPS) is 28.0. The van der Waals surface area contributed by atoms with Gasteiger partial charge in [0.15, 0.2) is 0 Å². The molecule has 3 atom stereocenters. The number of carbonyl (C=O) groups excluding carboxylic acids is 2. The number of fused-ring (bicyclic) bond motifs is 1. The number of carbonyl (C=O) groups is 3. The smallest absolute Gasteiger partial charge is 0.308 e. The van der Waals surface area contributed by atoms with Crippen molar-refractivity contribution in [2.45, 2.75) is 54.7 Å². The molecule has 0 saturated heterocycles. The average Bonchev–Trinajstić information content (AvgIpc) is 2.55. The van der Waals surface area contributed by atoms with Gasteiger partial charge >= 0.3 is 5.97 Å². The summed E-state index contributed by atoms with van der Waals surface area (Å²) in [5, 5.41) is 15.1. The van der Waals surface area contributed by atoms with Crippen LogP contribution in [0.4, 0.5) is 5.69 Å². The Morgan fingerprint density at radius 2 is 2.19 bits per heavy atom. The van der Waals surface area contributed by atoms with Crippen molar-refractivity contribution in [3.63, 3.8) is 0 Å². The molecule has 1 aromatic rings. The van der Waals surface area contributed by atoms with E-state index in [0.29, 0.717) is 23.6 Å². The van der Waals surface area contributed by atoms with Gasteiger partial charge in [-0.25, -0.2) is 0 Å². The van der Waals surface area contributed by atoms with E-state index in [1.54, 1.807) is 19.1 Å². The minimum atomic E-state index is -0.886. The second kappa shape index (κ2) is 7.48. The number of anilines is 1. The van der Waals surface area contributed by atoms with Crippen molar-refractivity contribution in [1.82, 2.24) is 5.32 Å². The molecule has 3 N–H and O–H groups in total. The standard InChI is InChI=1S/C18H21ClN2O4S/c1-18(7-3-2-4-11(18)17(24)25)21-15(22)9-14-16(23)20-12-8-10(19)5-6-13(12)26-14/h5-6,8,11,14H,2-4,7,9H2,1H3,(H,20,23)(H,21,22)(H,24,25). The zero-order valence-electron chi connectivity index (χ0n) is 14.4. The molecule has 0 radical (unpaired) electrons. The SMILES string of the molecule is CC1(NC(=O)CC2Sc3ccc(Cl)cc3NC2=O)CCCCC1C(=O)O. The van der Waals surface area contributed by atoms with Crippen LogP contribution in [0.15, 0.2) is 23.1 Å². The van der Waals surface area contributed by atoms with Gasteiger partial charge in [0, 0.05) is 16.3 Å². The third kappa shape index (κ3) is 3.99. The Morgan fingerprint density at radius 1 is 1.42 bits per heavy atom. The molecular weight excluding hydrogens is 376 g/mol. The molecule has 3 unspecified atom stereocenters. The average molecular weight is 397 g/mol. The van der Waals surface area contributed by atoms with Crippen LogP contribution in [0.25, 0.3) is 0 Å². The largest absolute Gasteiger partial charge is 0.481 e. The second-order valence-electron chi connectivity index (χ2n) is 7.04. The maximum Gasteiger partial charge on any atom is 0.308 e. The number of hydrogen-bond donors (Lipinski definition) is 3. The van der Waals surface area contributed by atoms with Crippen LogP contribution >= 0.6 is 23.4 Å². The molecule has 26 heavy (non-hydrogen) atoms. The lowest BCUT2D eigenvalue weighted by atomic mass is 9.74. The fourth-order valence-corrected chi connectivity index (χ4v) is 4.94. The summed E-state index contributed by atoms with van der Waals surface area (Å²) in [6, 6.07) is 5.23. The molecule has 1 heterocycles. The monoisotopic (exact) mass is 396 g/mol. The second-order valence-corrected chi connectivity index (χ2v) is 8.72. The minimum absolute atomic E-state index is 0.000492. The van der Waals surface area contributed by atoms with Gasteiger partial charge in [0.25, 0.3) is 0 Å². The van der Waals surface area contributed by atoms with Crippen LogP contribution in [0.5, 0.6) is 0 Å². The van der Waals surface area contributed by atoms with E-state index in [0.717, 1.165) is 17.7 Å². The van der Waals surface area contributed by atoms with E-state index < -0.39 is 22.7 Å². The lowest BCUT2D eigenvalue weighted by Gasteiger charge is -2.40. The number of rotatable bonds is 4. The number of halogens is 1. The van der Waals surface area contributed by atoms with Gasteiger partial charge < -0.3 is 15.7 Å². The molecule has 0 bridgehead atoms. The summed E-state index contributed by atoms with van der Waals surface area (Å²) in [6.45, 7) is 1.79. The summed E-state index contributed by atoms with van der Waals surface area (Å²) in [6.07, 6.45) is 2.91. The number of aliphatic carboxylic acids is 1. The first kappa shape index (κ1) is 19.0. The van der Waals surface area contributed by atoms with Crippen molar-refractivity contribution in [3.05, 3.63) is 23.2 Å². The number of hydrogen-bond acceptors (Lipinski definition) is 4. The molecule has 1 fully saturated rings. The Hall–Kier alpha value is -1.73. The fourth-order valence-electron chi connectivity index (χ4n) is 3.67. The minimum Gasteiger partial charge on any atom is -0.481 e. The Kier molecular flexibility index (Phi) is 5.48. The van der Waals surface area contributed by atoms with Gasteiger partial charge in [0.1, 0.15) is 0 Å². The third-order valence-electron chi connectivity index (χ3n) is 5.06. The molecule has 0 spiro atoms. The molecule has 0 aromatic heterocycles. The van der Waals surface area contributed by atoms with Crippen LogP contribution in [0, 0.1) is 5.92 Å². The maximum absolute atomic E-state index is 12.5. The van der Waals surface area contributed by atoms with E-state index in [4.69, 9.17) is 11.6 Å². The van der Waals surface area contributed by atoms with Crippen molar-refractivity contribution in [3.8, 4) is 0 Å². The molecule has 2 aliphatic rings. The van der Waals surface area contributed by atoms with E-state index >= 15 is 0 Å². The summed E-state index contributed by atoms with van der Waals surface area (Å²) < 4.78 is 0. The molecule has 3 rings (SSSR count). The Balaban J connectivity index is 1.67. The van der Waals surface area contributed by atoms with Crippen molar-refractivity contribution < 1.29 is 19.5 Å². The van der Waals surface area contributed by atoms with E-state index in [9.17, 15) is 19.5 Å². The van der Waals surface area contributed by atoms with Crippen LogP contribution in [-0.2, 0) is 14.4 Å². The summed E-state index contributed by atoms with van der Waals surface area (Å²) in [7, 11) is 0. The number of nitrogens with one attached hydrogen (secondary N) is 2. The molecule has 6 nitrogen and oxygen atoms in total. The summed E-state index contributed by atoms with van der Waals surface area (Å²) in [4.78, 5) is 37.2. The topological polar surface area (TPSA) is 95.5 Å². The van der Waals surface area contributed by atoms with Crippen molar-refractivity contribution >= 4 is 46.8 Å².